The average Bonchev–Trinajstić information content (AvgIpc) is 3.21. The van der Waals surface area contributed by atoms with Crippen LogP contribution in [0.15, 0.2) is 146 Å². The maximum absolute atomic E-state index is 2.57. The van der Waals surface area contributed by atoms with Gasteiger partial charge in [-0.05, 0) is 147 Å². The molecule has 53 heavy (non-hydrogen) atoms. The topological polar surface area (TPSA) is 0 Å². The number of hydrogen-bond acceptors (Lipinski definition) is 0. The van der Waals surface area contributed by atoms with Crippen LogP contribution in [0.2, 0.25) is 0 Å². The van der Waals surface area contributed by atoms with E-state index in [-0.39, 0.29) is 0 Å². The lowest BCUT2D eigenvalue weighted by atomic mass is 9.78. The van der Waals surface area contributed by atoms with Gasteiger partial charge in [0.2, 0.25) is 0 Å². The second-order valence-corrected chi connectivity index (χ2v) is 15.6. The van der Waals surface area contributed by atoms with Crippen LogP contribution in [0.4, 0.5) is 0 Å². The van der Waals surface area contributed by atoms with Gasteiger partial charge in [0.15, 0.2) is 0 Å². The summed E-state index contributed by atoms with van der Waals surface area (Å²) in [7, 11) is 0. The first-order chi connectivity index (χ1) is 26.1. The van der Waals surface area contributed by atoms with Gasteiger partial charge in [-0.25, -0.2) is 0 Å². The minimum Gasteiger partial charge on any atom is -0.0836 e. The molecule has 0 spiro atoms. The molecule has 0 N–H and O–H groups in total. The Morgan fingerprint density at radius 2 is 1.02 bits per heavy atom. The third-order valence-electron chi connectivity index (χ3n) is 12.4. The maximum Gasteiger partial charge on any atom is -0.00140 e. The molecule has 10 rings (SSSR count). The van der Waals surface area contributed by atoms with Crippen molar-refractivity contribution in [1.82, 2.24) is 0 Å². The molecule has 256 valence electrons. The lowest BCUT2D eigenvalue weighted by Gasteiger charge is -2.25. The van der Waals surface area contributed by atoms with Crippen LogP contribution in [0.3, 0.4) is 0 Å². The monoisotopic (exact) mass is 680 g/mol. The molecule has 2 unspecified atom stereocenters. The number of fused-ring (bicyclic) bond motifs is 3. The zero-order valence-electron chi connectivity index (χ0n) is 30.9. The highest BCUT2D eigenvalue weighted by Crippen LogP contribution is 2.50. The van der Waals surface area contributed by atoms with Crippen LogP contribution in [-0.4, -0.2) is 0 Å². The van der Waals surface area contributed by atoms with Crippen LogP contribution >= 0.6 is 0 Å². The predicted molar refractivity (Wildman–Crippen MR) is 231 cm³/mol. The van der Waals surface area contributed by atoms with Crippen molar-refractivity contribution < 1.29 is 0 Å². The number of aryl methyl sites for hydroxylation is 1. The van der Waals surface area contributed by atoms with Crippen molar-refractivity contribution in [2.24, 2.45) is 5.92 Å². The van der Waals surface area contributed by atoms with Crippen molar-refractivity contribution in [3.63, 3.8) is 0 Å². The SMILES string of the molecule is CCC(C)CC(C)c1cc(-c2cccc3c2C=CCC3)c2ccc3c(-c4cccc5ccccc45)cc(-c4cccc5ccccc45)c4ccc1c2c34. The van der Waals surface area contributed by atoms with E-state index in [1.54, 1.807) is 0 Å². The van der Waals surface area contributed by atoms with Crippen molar-refractivity contribution in [2.75, 3.05) is 0 Å². The predicted octanol–water partition coefficient (Wildman–Crippen LogP) is 15.4. The third kappa shape index (κ3) is 5.11. The van der Waals surface area contributed by atoms with Gasteiger partial charge in [0.1, 0.15) is 0 Å². The van der Waals surface area contributed by atoms with E-state index in [4.69, 9.17) is 0 Å². The first-order valence-electron chi connectivity index (χ1n) is 19.6. The molecular weight excluding hydrogens is 637 g/mol. The molecule has 9 aromatic carbocycles. The molecule has 0 nitrogen and oxygen atoms in total. The molecule has 0 heteroatoms. The zero-order valence-corrected chi connectivity index (χ0v) is 30.9. The van der Waals surface area contributed by atoms with Gasteiger partial charge in [0, 0.05) is 0 Å². The van der Waals surface area contributed by atoms with Gasteiger partial charge in [-0.2, -0.15) is 0 Å². The molecular formula is C53H44. The molecule has 0 aliphatic heterocycles. The molecule has 0 saturated carbocycles. The number of hydrogen-bond donors (Lipinski definition) is 0. The maximum atomic E-state index is 2.57. The Morgan fingerprint density at radius 3 is 1.66 bits per heavy atom. The molecule has 0 saturated heterocycles. The van der Waals surface area contributed by atoms with Crippen LogP contribution in [0, 0.1) is 5.92 Å². The fourth-order valence-corrected chi connectivity index (χ4v) is 9.62. The molecule has 9 aromatic rings. The fraction of sp³-hybridized carbons (Fsp3) is 0.170. The molecule has 0 aromatic heterocycles. The van der Waals surface area contributed by atoms with E-state index in [0.29, 0.717) is 11.8 Å². The first-order valence-corrected chi connectivity index (χ1v) is 19.6. The average molecular weight is 681 g/mol. The zero-order chi connectivity index (χ0) is 35.6. The highest BCUT2D eigenvalue weighted by Gasteiger charge is 2.24. The Bertz CT molecular complexity index is 2770. The van der Waals surface area contributed by atoms with E-state index in [2.05, 4.69) is 172 Å². The molecule has 0 amide bonds. The van der Waals surface area contributed by atoms with Crippen molar-refractivity contribution in [1.29, 1.82) is 0 Å². The molecule has 0 radical (unpaired) electrons. The standard InChI is InChI=1S/C53H44/c1-4-33(2)30-34(3)48-31-49(41-23-11-17-35-14-5-8-20-38(35)41)45-28-29-47-51(43-25-13-19-37-16-7-10-22-40(37)43)32-50(46-27-26-44(48)52(45)53(46)47)42-24-12-18-36-15-6-9-21-39(36)42/h6-13,15-29,31-34H,4-5,14,30H2,1-3H3. The normalized spacial score (nSPS) is 14.1. The highest BCUT2D eigenvalue weighted by molar-refractivity contribution is 6.31. The second-order valence-electron chi connectivity index (χ2n) is 15.6. The van der Waals surface area contributed by atoms with E-state index in [9.17, 15) is 0 Å². The van der Waals surface area contributed by atoms with Gasteiger partial charge in [0.25, 0.3) is 0 Å². The lowest BCUT2D eigenvalue weighted by Crippen LogP contribution is -2.04. The van der Waals surface area contributed by atoms with Gasteiger partial charge < -0.3 is 0 Å². The van der Waals surface area contributed by atoms with Crippen LogP contribution in [0.1, 0.15) is 62.6 Å². The largest absolute Gasteiger partial charge is 0.0836 e. The minimum atomic E-state index is 0.429. The summed E-state index contributed by atoms with van der Waals surface area (Å²) in [5.41, 5.74) is 12.2. The van der Waals surface area contributed by atoms with Crippen molar-refractivity contribution in [2.45, 2.75) is 52.4 Å². The molecule has 2 atom stereocenters. The van der Waals surface area contributed by atoms with Crippen molar-refractivity contribution in [3.05, 3.63) is 162 Å². The van der Waals surface area contributed by atoms with E-state index in [1.807, 2.05) is 0 Å². The van der Waals surface area contributed by atoms with E-state index < -0.39 is 0 Å². The van der Waals surface area contributed by atoms with Crippen LogP contribution in [0.5, 0.6) is 0 Å². The van der Waals surface area contributed by atoms with Gasteiger partial charge >= 0.3 is 0 Å². The van der Waals surface area contributed by atoms with E-state index in [1.165, 1.54) is 117 Å². The fourth-order valence-electron chi connectivity index (χ4n) is 9.62. The lowest BCUT2D eigenvalue weighted by molar-refractivity contribution is 0.473. The van der Waals surface area contributed by atoms with Crippen molar-refractivity contribution in [3.8, 4) is 33.4 Å². The summed E-state index contributed by atoms with van der Waals surface area (Å²) in [4.78, 5) is 0. The summed E-state index contributed by atoms with van der Waals surface area (Å²) >= 11 is 0. The Kier molecular flexibility index (Phi) is 7.69. The van der Waals surface area contributed by atoms with Crippen molar-refractivity contribution >= 4 is 59.9 Å². The minimum absolute atomic E-state index is 0.429. The number of rotatable bonds is 7. The Morgan fingerprint density at radius 1 is 0.491 bits per heavy atom. The Hall–Kier alpha value is -5.72. The van der Waals surface area contributed by atoms with Crippen LogP contribution < -0.4 is 0 Å². The van der Waals surface area contributed by atoms with Gasteiger partial charge in [-0.3, -0.25) is 0 Å². The summed E-state index contributed by atoms with van der Waals surface area (Å²) in [5, 5.41) is 13.3. The van der Waals surface area contributed by atoms with Gasteiger partial charge in [0.05, 0.1) is 0 Å². The summed E-state index contributed by atoms with van der Waals surface area (Å²) < 4.78 is 0. The first kappa shape index (κ1) is 32.0. The summed E-state index contributed by atoms with van der Waals surface area (Å²) in [6.07, 6.45) is 9.33. The van der Waals surface area contributed by atoms with Gasteiger partial charge in [-0.1, -0.05) is 167 Å². The smallest absolute Gasteiger partial charge is 0.00140 e. The summed E-state index contributed by atoms with van der Waals surface area (Å²) in [6, 6.07) is 53.2. The Balaban J connectivity index is 1.39. The Labute approximate surface area is 312 Å². The van der Waals surface area contributed by atoms with Crippen LogP contribution in [-0.2, 0) is 6.42 Å². The second kappa shape index (κ2) is 12.7. The molecule has 0 bridgehead atoms. The third-order valence-corrected chi connectivity index (χ3v) is 12.4. The van der Waals surface area contributed by atoms with E-state index >= 15 is 0 Å². The molecule has 1 aliphatic carbocycles. The number of allylic oxidation sites excluding steroid dienone is 1. The molecule has 0 heterocycles. The number of benzene rings is 9. The summed E-state index contributed by atoms with van der Waals surface area (Å²) in [6.45, 7) is 7.21. The van der Waals surface area contributed by atoms with Gasteiger partial charge in [-0.15, -0.1) is 0 Å². The summed E-state index contributed by atoms with van der Waals surface area (Å²) in [5.74, 6) is 1.09. The quantitative estimate of drug-likeness (QED) is 0.147. The van der Waals surface area contributed by atoms with Crippen LogP contribution in [0.25, 0.3) is 93.3 Å². The highest BCUT2D eigenvalue weighted by atomic mass is 14.3. The molecule has 0 fully saturated rings. The molecule has 1 aliphatic rings. The van der Waals surface area contributed by atoms with E-state index in [0.717, 1.165) is 12.8 Å².